The minimum absolute atomic E-state index is 0.0842. The number of nitrogens with one attached hydrogen (secondary N) is 1. The summed E-state index contributed by atoms with van der Waals surface area (Å²) in [4.78, 5) is 31.6. The molecule has 1 aliphatic rings. The van der Waals surface area contributed by atoms with Crippen LogP contribution in [-0.2, 0) is 18.0 Å². The summed E-state index contributed by atoms with van der Waals surface area (Å²) in [6.07, 6.45) is -2.86. The first-order chi connectivity index (χ1) is 16.1. The number of halogens is 4. The van der Waals surface area contributed by atoms with Crippen molar-refractivity contribution in [3.8, 4) is 5.69 Å². The van der Waals surface area contributed by atoms with Crippen molar-refractivity contribution in [1.82, 2.24) is 14.3 Å². The van der Waals surface area contributed by atoms with Gasteiger partial charge in [-0.25, -0.2) is 9.67 Å². The molecular formula is C23H23ClF3N5O2. The van der Waals surface area contributed by atoms with Crippen molar-refractivity contribution in [1.29, 1.82) is 0 Å². The van der Waals surface area contributed by atoms with Gasteiger partial charge < -0.3 is 10.2 Å². The summed E-state index contributed by atoms with van der Waals surface area (Å²) >= 11 is 6.05. The maximum Gasteiger partial charge on any atom is 0.417 e. The summed E-state index contributed by atoms with van der Waals surface area (Å²) in [5.74, 6) is -0.357. The minimum Gasteiger partial charge on any atom is -0.355 e. The van der Waals surface area contributed by atoms with E-state index in [0.29, 0.717) is 37.3 Å². The highest BCUT2D eigenvalue weighted by Gasteiger charge is 2.33. The highest BCUT2D eigenvalue weighted by molar-refractivity contribution is 6.33. The molecule has 0 aliphatic carbocycles. The summed E-state index contributed by atoms with van der Waals surface area (Å²) in [5, 5.41) is 2.71. The summed E-state index contributed by atoms with van der Waals surface area (Å²) in [6.45, 7) is 2.56. The third-order valence-corrected chi connectivity index (χ3v) is 6.39. The van der Waals surface area contributed by atoms with E-state index in [1.54, 1.807) is 23.6 Å². The molecule has 4 rings (SSSR count). The predicted octanol–water partition coefficient (Wildman–Crippen LogP) is 4.41. The van der Waals surface area contributed by atoms with Crippen LogP contribution in [0.2, 0.25) is 5.02 Å². The third-order valence-electron chi connectivity index (χ3n) is 6.12. The fourth-order valence-corrected chi connectivity index (χ4v) is 4.40. The Hall–Kier alpha value is -3.27. The first-order valence-corrected chi connectivity index (χ1v) is 11.1. The quantitative estimate of drug-likeness (QED) is 0.584. The number of para-hydroxylation sites is 1. The lowest BCUT2D eigenvalue weighted by molar-refractivity contribution is -0.137. The van der Waals surface area contributed by atoms with Crippen LogP contribution in [0, 0.1) is 12.8 Å². The van der Waals surface area contributed by atoms with Gasteiger partial charge in [-0.15, -0.1) is 0 Å². The highest BCUT2D eigenvalue weighted by atomic mass is 35.5. The van der Waals surface area contributed by atoms with Crippen LogP contribution in [0.25, 0.3) is 5.69 Å². The molecule has 0 unspecified atom stereocenters. The molecule has 11 heteroatoms. The summed E-state index contributed by atoms with van der Waals surface area (Å²) in [5.41, 5.74) is 0.312. The smallest absolute Gasteiger partial charge is 0.355 e. The van der Waals surface area contributed by atoms with E-state index in [-0.39, 0.29) is 33.9 Å². The molecule has 3 aromatic rings. The van der Waals surface area contributed by atoms with Crippen LogP contribution in [0.4, 0.5) is 24.7 Å². The van der Waals surface area contributed by atoms with Gasteiger partial charge in [-0.1, -0.05) is 29.8 Å². The maximum absolute atomic E-state index is 13.0. The molecule has 1 N–H and O–H groups in total. The van der Waals surface area contributed by atoms with E-state index in [2.05, 4.69) is 10.3 Å². The number of pyridine rings is 1. The van der Waals surface area contributed by atoms with E-state index in [1.807, 2.05) is 30.3 Å². The number of piperidine rings is 1. The molecule has 0 saturated carbocycles. The van der Waals surface area contributed by atoms with Crippen LogP contribution in [0.15, 0.2) is 47.4 Å². The molecule has 34 heavy (non-hydrogen) atoms. The van der Waals surface area contributed by atoms with Gasteiger partial charge in [0.15, 0.2) is 0 Å². The minimum atomic E-state index is -4.52. The molecule has 0 bridgehead atoms. The lowest BCUT2D eigenvalue weighted by Gasteiger charge is -2.32. The number of carbonyl (C=O) groups excluding carboxylic acids is 1. The monoisotopic (exact) mass is 493 g/mol. The van der Waals surface area contributed by atoms with Crippen molar-refractivity contribution in [3.05, 3.63) is 69.2 Å². The molecule has 1 aromatic carbocycles. The van der Waals surface area contributed by atoms with Crippen molar-refractivity contribution < 1.29 is 18.0 Å². The van der Waals surface area contributed by atoms with Gasteiger partial charge in [0.05, 0.1) is 22.0 Å². The SMILES string of the molecule is Cc1c(NC(=O)C2CCN(c3ncc(C(F)(F)F)cc3Cl)CC2)c(=O)n(-c2ccccc2)n1C. The average molecular weight is 494 g/mol. The molecule has 1 aliphatic heterocycles. The standard InChI is InChI=1S/C23H23ClF3N5O2/c1-14-19(22(34)32(30(14)2)17-6-4-3-5-7-17)29-21(33)15-8-10-31(11-9-15)20-18(24)12-16(13-28-20)23(25,26)27/h3-7,12-13,15H,8-11H2,1-2H3,(H,29,33). The van der Waals surface area contributed by atoms with E-state index in [4.69, 9.17) is 11.6 Å². The molecule has 2 aromatic heterocycles. The molecule has 1 fully saturated rings. The van der Waals surface area contributed by atoms with E-state index in [9.17, 15) is 22.8 Å². The van der Waals surface area contributed by atoms with Crippen molar-refractivity contribution >= 4 is 29.0 Å². The van der Waals surface area contributed by atoms with Crippen LogP contribution in [-0.4, -0.2) is 33.3 Å². The zero-order valence-electron chi connectivity index (χ0n) is 18.6. The lowest BCUT2D eigenvalue weighted by Crippen LogP contribution is -2.39. The summed E-state index contributed by atoms with van der Waals surface area (Å²) < 4.78 is 41.8. The Labute approximate surface area is 198 Å². The average Bonchev–Trinajstić information content (AvgIpc) is 3.02. The van der Waals surface area contributed by atoms with Gasteiger partial charge in [-0.3, -0.25) is 14.3 Å². The van der Waals surface area contributed by atoms with Gasteiger partial charge >= 0.3 is 6.18 Å². The fourth-order valence-electron chi connectivity index (χ4n) is 4.11. The van der Waals surface area contributed by atoms with E-state index in [1.165, 1.54) is 4.68 Å². The number of anilines is 2. The third kappa shape index (κ3) is 4.54. The number of aromatic nitrogens is 3. The number of nitrogens with zero attached hydrogens (tertiary/aromatic N) is 4. The molecule has 3 heterocycles. The largest absolute Gasteiger partial charge is 0.417 e. The Morgan fingerprint density at radius 2 is 1.82 bits per heavy atom. The zero-order valence-corrected chi connectivity index (χ0v) is 19.3. The van der Waals surface area contributed by atoms with Crippen LogP contribution in [0.1, 0.15) is 24.1 Å². The summed E-state index contributed by atoms with van der Waals surface area (Å²) in [6, 6.07) is 9.98. The van der Waals surface area contributed by atoms with Gasteiger partial charge in [-0.05, 0) is 38.0 Å². The van der Waals surface area contributed by atoms with Gasteiger partial charge in [0.2, 0.25) is 5.91 Å². The van der Waals surface area contributed by atoms with Crippen molar-refractivity contribution in [2.45, 2.75) is 25.9 Å². The van der Waals surface area contributed by atoms with Crippen molar-refractivity contribution in [2.75, 3.05) is 23.3 Å². The number of rotatable bonds is 4. The maximum atomic E-state index is 13.0. The van der Waals surface area contributed by atoms with Crippen molar-refractivity contribution in [3.63, 3.8) is 0 Å². The van der Waals surface area contributed by atoms with Gasteiger partial charge in [-0.2, -0.15) is 13.2 Å². The number of alkyl halides is 3. The number of benzene rings is 1. The Morgan fingerprint density at radius 3 is 2.41 bits per heavy atom. The highest BCUT2D eigenvalue weighted by Crippen LogP contribution is 2.34. The predicted molar refractivity (Wildman–Crippen MR) is 124 cm³/mol. The number of carbonyl (C=O) groups is 1. The van der Waals surface area contributed by atoms with Crippen LogP contribution in [0.5, 0.6) is 0 Å². The van der Waals surface area contributed by atoms with E-state index >= 15 is 0 Å². The second-order valence-corrected chi connectivity index (χ2v) is 8.62. The molecule has 180 valence electrons. The number of amides is 1. The Kier molecular flexibility index (Phi) is 6.44. The molecule has 0 atom stereocenters. The molecular weight excluding hydrogens is 471 g/mol. The van der Waals surface area contributed by atoms with Crippen LogP contribution >= 0.6 is 11.6 Å². The Balaban J connectivity index is 1.45. The normalized spacial score (nSPS) is 14.9. The van der Waals surface area contributed by atoms with Crippen molar-refractivity contribution in [2.24, 2.45) is 13.0 Å². The number of hydrogen-bond donors (Lipinski definition) is 1. The summed E-state index contributed by atoms with van der Waals surface area (Å²) in [7, 11) is 1.75. The fraction of sp³-hybridized carbons (Fsp3) is 0.348. The molecule has 1 amide bonds. The molecule has 0 radical (unpaired) electrons. The molecule has 7 nitrogen and oxygen atoms in total. The first-order valence-electron chi connectivity index (χ1n) is 10.7. The Bertz CT molecular complexity index is 1260. The van der Waals surface area contributed by atoms with Gasteiger partial charge in [0.25, 0.3) is 5.56 Å². The van der Waals surface area contributed by atoms with E-state index in [0.717, 1.165) is 12.3 Å². The van der Waals surface area contributed by atoms with Crippen LogP contribution in [0.3, 0.4) is 0 Å². The second-order valence-electron chi connectivity index (χ2n) is 8.21. The first kappa shape index (κ1) is 23.9. The second kappa shape index (κ2) is 9.17. The topological polar surface area (TPSA) is 72.2 Å². The zero-order chi connectivity index (χ0) is 24.6. The molecule has 0 spiro atoms. The molecule has 1 saturated heterocycles. The number of hydrogen-bond acceptors (Lipinski definition) is 4. The van der Waals surface area contributed by atoms with Gasteiger partial charge in [0.1, 0.15) is 11.5 Å². The van der Waals surface area contributed by atoms with Crippen LogP contribution < -0.4 is 15.8 Å². The van der Waals surface area contributed by atoms with E-state index < -0.39 is 11.7 Å². The Morgan fingerprint density at radius 1 is 1.18 bits per heavy atom. The lowest BCUT2D eigenvalue weighted by atomic mass is 9.95. The van der Waals surface area contributed by atoms with Gasteiger partial charge in [0, 0.05) is 32.3 Å².